The van der Waals surface area contributed by atoms with Gasteiger partial charge in [0.15, 0.2) is 0 Å². The summed E-state index contributed by atoms with van der Waals surface area (Å²) in [5.74, 6) is -1.68. The van der Waals surface area contributed by atoms with Crippen LogP contribution in [-0.2, 0) is 16.0 Å². The van der Waals surface area contributed by atoms with Gasteiger partial charge in [-0.3, -0.25) is 9.59 Å². The Balaban J connectivity index is 2.63. The van der Waals surface area contributed by atoms with Crippen molar-refractivity contribution in [2.45, 2.75) is 20.3 Å². The second-order valence-corrected chi connectivity index (χ2v) is 4.16. The molecule has 2 N–H and O–H groups in total. The first-order chi connectivity index (χ1) is 7.99. The minimum Gasteiger partial charge on any atom is -0.481 e. The zero-order valence-electron chi connectivity index (χ0n) is 10.1. The SMILES string of the molecule is CC(=O)NCC(Cc1ccc(C)cc1)C(=O)O. The van der Waals surface area contributed by atoms with Crippen LogP contribution in [0.15, 0.2) is 24.3 Å². The number of hydrogen-bond donors (Lipinski definition) is 2. The highest BCUT2D eigenvalue weighted by Gasteiger charge is 2.18. The van der Waals surface area contributed by atoms with Gasteiger partial charge in [-0.1, -0.05) is 29.8 Å². The first-order valence-electron chi connectivity index (χ1n) is 5.52. The number of rotatable bonds is 5. The van der Waals surface area contributed by atoms with Crippen LogP contribution in [0.5, 0.6) is 0 Å². The lowest BCUT2D eigenvalue weighted by atomic mass is 9.98. The van der Waals surface area contributed by atoms with Gasteiger partial charge < -0.3 is 10.4 Å². The van der Waals surface area contributed by atoms with Crippen LogP contribution in [0, 0.1) is 12.8 Å². The smallest absolute Gasteiger partial charge is 0.308 e. The highest BCUT2D eigenvalue weighted by atomic mass is 16.4. The molecule has 0 fully saturated rings. The summed E-state index contributed by atoms with van der Waals surface area (Å²) in [4.78, 5) is 21.8. The summed E-state index contributed by atoms with van der Waals surface area (Å²) in [5.41, 5.74) is 2.11. The predicted octanol–water partition coefficient (Wildman–Crippen LogP) is 1.37. The van der Waals surface area contributed by atoms with Crippen molar-refractivity contribution in [1.82, 2.24) is 5.32 Å². The number of nitrogens with one attached hydrogen (secondary N) is 1. The van der Waals surface area contributed by atoms with Gasteiger partial charge in [-0.25, -0.2) is 0 Å². The molecule has 1 atom stereocenters. The van der Waals surface area contributed by atoms with E-state index in [0.717, 1.165) is 11.1 Å². The Morgan fingerprint density at radius 2 is 1.88 bits per heavy atom. The molecular weight excluding hydrogens is 218 g/mol. The normalized spacial score (nSPS) is 11.9. The predicted molar refractivity (Wildman–Crippen MR) is 64.7 cm³/mol. The molecule has 1 amide bonds. The van der Waals surface area contributed by atoms with Crippen molar-refractivity contribution in [1.29, 1.82) is 0 Å². The van der Waals surface area contributed by atoms with Crippen LogP contribution in [0.25, 0.3) is 0 Å². The molecule has 92 valence electrons. The van der Waals surface area contributed by atoms with Crippen LogP contribution in [0.2, 0.25) is 0 Å². The summed E-state index contributed by atoms with van der Waals surface area (Å²) in [6.45, 7) is 3.53. The van der Waals surface area contributed by atoms with Gasteiger partial charge in [0.1, 0.15) is 0 Å². The Morgan fingerprint density at radius 3 is 2.35 bits per heavy atom. The summed E-state index contributed by atoms with van der Waals surface area (Å²) in [6, 6.07) is 7.73. The highest BCUT2D eigenvalue weighted by molar-refractivity contribution is 5.75. The minimum atomic E-state index is -0.890. The lowest BCUT2D eigenvalue weighted by molar-refractivity contribution is -0.141. The minimum absolute atomic E-state index is 0.165. The molecule has 0 radical (unpaired) electrons. The van der Waals surface area contributed by atoms with Crippen molar-refractivity contribution in [2.75, 3.05) is 6.54 Å². The molecule has 0 spiro atoms. The number of hydrogen-bond acceptors (Lipinski definition) is 2. The molecule has 4 nitrogen and oxygen atoms in total. The second kappa shape index (κ2) is 6.03. The molecule has 1 rings (SSSR count). The van der Waals surface area contributed by atoms with Crippen LogP contribution in [0.3, 0.4) is 0 Å². The number of carboxylic acids is 1. The van der Waals surface area contributed by atoms with Crippen LogP contribution >= 0.6 is 0 Å². The third-order valence-corrected chi connectivity index (χ3v) is 2.55. The molecule has 17 heavy (non-hydrogen) atoms. The zero-order chi connectivity index (χ0) is 12.8. The van der Waals surface area contributed by atoms with Crippen LogP contribution in [0.4, 0.5) is 0 Å². The molecule has 0 heterocycles. The molecule has 0 aliphatic carbocycles. The van der Waals surface area contributed by atoms with Crippen molar-refractivity contribution >= 4 is 11.9 Å². The molecule has 1 unspecified atom stereocenters. The molecular formula is C13H17NO3. The van der Waals surface area contributed by atoms with E-state index in [0.29, 0.717) is 6.42 Å². The zero-order valence-corrected chi connectivity index (χ0v) is 10.1. The van der Waals surface area contributed by atoms with E-state index in [-0.39, 0.29) is 12.5 Å². The summed E-state index contributed by atoms with van der Waals surface area (Å²) < 4.78 is 0. The fourth-order valence-corrected chi connectivity index (χ4v) is 1.52. The maximum absolute atomic E-state index is 11.0. The van der Waals surface area contributed by atoms with Crippen LogP contribution in [-0.4, -0.2) is 23.5 Å². The van der Waals surface area contributed by atoms with E-state index in [1.165, 1.54) is 6.92 Å². The van der Waals surface area contributed by atoms with Crippen molar-refractivity contribution in [2.24, 2.45) is 5.92 Å². The summed E-state index contributed by atoms with van der Waals surface area (Å²) >= 11 is 0. The molecule has 0 aliphatic rings. The number of aliphatic carboxylic acids is 1. The van der Waals surface area contributed by atoms with Crippen LogP contribution < -0.4 is 5.32 Å². The molecule has 0 saturated heterocycles. The Labute approximate surface area is 101 Å². The summed E-state index contributed by atoms with van der Waals surface area (Å²) in [6.07, 6.45) is 0.426. The van der Waals surface area contributed by atoms with Gasteiger partial charge >= 0.3 is 5.97 Å². The van der Waals surface area contributed by atoms with Gasteiger partial charge in [0.2, 0.25) is 5.91 Å². The van der Waals surface area contributed by atoms with E-state index < -0.39 is 11.9 Å². The van der Waals surface area contributed by atoms with Crippen molar-refractivity contribution < 1.29 is 14.7 Å². The van der Waals surface area contributed by atoms with Crippen molar-refractivity contribution in [3.63, 3.8) is 0 Å². The molecule has 0 aliphatic heterocycles. The first-order valence-corrected chi connectivity index (χ1v) is 5.52. The quantitative estimate of drug-likeness (QED) is 0.810. The van der Waals surface area contributed by atoms with Gasteiger partial charge in [0, 0.05) is 13.5 Å². The molecule has 0 bridgehead atoms. The Bertz CT molecular complexity index is 398. The lowest BCUT2D eigenvalue weighted by Crippen LogP contribution is -2.32. The van der Waals surface area contributed by atoms with E-state index in [9.17, 15) is 9.59 Å². The fraction of sp³-hybridized carbons (Fsp3) is 0.385. The third kappa shape index (κ3) is 4.68. The maximum Gasteiger partial charge on any atom is 0.308 e. The summed E-state index contributed by atoms with van der Waals surface area (Å²) in [5, 5.41) is 11.6. The fourth-order valence-electron chi connectivity index (χ4n) is 1.52. The van der Waals surface area contributed by atoms with E-state index in [4.69, 9.17) is 5.11 Å². The Kier molecular flexibility index (Phi) is 4.69. The van der Waals surface area contributed by atoms with Gasteiger partial charge in [0.05, 0.1) is 5.92 Å². The summed E-state index contributed by atoms with van der Waals surface area (Å²) in [7, 11) is 0. The number of benzene rings is 1. The van der Waals surface area contributed by atoms with Gasteiger partial charge in [-0.15, -0.1) is 0 Å². The van der Waals surface area contributed by atoms with Crippen molar-refractivity contribution in [3.05, 3.63) is 35.4 Å². The number of amides is 1. The number of aryl methyl sites for hydroxylation is 1. The first kappa shape index (κ1) is 13.2. The lowest BCUT2D eigenvalue weighted by Gasteiger charge is -2.12. The monoisotopic (exact) mass is 235 g/mol. The van der Waals surface area contributed by atoms with Crippen molar-refractivity contribution in [3.8, 4) is 0 Å². The standard InChI is InChI=1S/C13H17NO3/c1-9-3-5-11(6-4-9)7-12(13(16)17)8-14-10(2)15/h3-6,12H,7-8H2,1-2H3,(H,14,15)(H,16,17). The average molecular weight is 235 g/mol. The Morgan fingerprint density at radius 1 is 1.29 bits per heavy atom. The maximum atomic E-state index is 11.0. The van der Waals surface area contributed by atoms with Gasteiger partial charge in [-0.2, -0.15) is 0 Å². The van der Waals surface area contributed by atoms with E-state index >= 15 is 0 Å². The number of carboxylic acid groups (broad SMARTS) is 1. The molecule has 4 heteroatoms. The van der Waals surface area contributed by atoms with E-state index in [1.807, 2.05) is 31.2 Å². The molecule has 1 aromatic carbocycles. The largest absolute Gasteiger partial charge is 0.481 e. The van der Waals surface area contributed by atoms with Crippen LogP contribution in [0.1, 0.15) is 18.1 Å². The topological polar surface area (TPSA) is 66.4 Å². The average Bonchev–Trinajstić information content (AvgIpc) is 2.26. The highest BCUT2D eigenvalue weighted by Crippen LogP contribution is 2.10. The van der Waals surface area contributed by atoms with Gasteiger partial charge in [0.25, 0.3) is 0 Å². The van der Waals surface area contributed by atoms with E-state index in [2.05, 4.69) is 5.32 Å². The second-order valence-electron chi connectivity index (χ2n) is 4.16. The third-order valence-electron chi connectivity index (χ3n) is 2.55. The Hall–Kier alpha value is -1.84. The number of carbonyl (C=O) groups excluding carboxylic acids is 1. The molecule has 0 saturated carbocycles. The van der Waals surface area contributed by atoms with Gasteiger partial charge in [-0.05, 0) is 18.9 Å². The number of carbonyl (C=O) groups is 2. The molecule has 1 aromatic rings. The molecule has 0 aromatic heterocycles. The van der Waals surface area contributed by atoms with E-state index in [1.54, 1.807) is 0 Å².